The molecule has 0 unspecified atom stereocenters. The molecule has 0 radical (unpaired) electrons. The molecule has 10 heteroatoms. The third kappa shape index (κ3) is 5.28. The Morgan fingerprint density at radius 3 is 2.19 bits per heavy atom. The summed E-state index contributed by atoms with van der Waals surface area (Å²) >= 11 is 0. The Morgan fingerprint density at radius 1 is 0.963 bits per heavy atom. The van der Waals surface area contributed by atoms with Crippen LogP contribution in [0.2, 0.25) is 0 Å². The van der Waals surface area contributed by atoms with Crippen molar-refractivity contribution in [1.29, 1.82) is 0 Å². The third-order valence-electron chi connectivity index (χ3n) is 3.81. The van der Waals surface area contributed by atoms with E-state index in [1.807, 2.05) is 0 Å². The summed E-state index contributed by atoms with van der Waals surface area (Å²) in [4.78, 5) is 12.3. The van der Waals surface area contributed by atoms with Gasteiger partial charge in [0, 0.05) is 19.8 Å². The van der Waals surface area contributed by atoms with E-state index >= 15 is 0 Å². The first-order valence-electron chi connectivity index (χ1n) is 7.87. The molecule has 0 aromatic heterocycles. The molecule has 8 nitrogen and oxygen atoms in total. The lowest BCUT2D eigenvalue weighted by atomic mass is 10.3. The molecule has 0 aliphatic rings. The van der Waals surface area contributed by atoms with E-state index in [0.29, 0.717) is 11.4 Å². The van der Waals surface area contributed by atoms with E-state index in [9.17, 15) is 21.6 Å². The number of nitrogens with zero attached hydrogens (tertiary/aromatic N) is 2. The first-order chi connectivity index (χ1) is 12.5. The zero-order valence-corrected chi connectivity index (χ0v) is 16.8. The fourth-order valence-electron chi connectivity index (χ4n) is 2.23. The fraction of sp³-hybridized carbons (Fsp3) is 0.235. The molecule has 0 bridgehead atoms. The van der Waals surface area contributed by atoms with Gasteiger partial charge in [-0.1, -0.05) is 24.3 Å². The lowest BCUT2D eigenvalue weighted by molar-refractivity contribution is -0.116. The minimum atomic E-state index is -3.78. The average molecular weight is 412 g/mol. The molecule has 2 rings (SSSR count). The molecule has 27 heavy (non-hydrogen) atoms. The number of hydrogen-bond acceptors (Lipinski definition) is 5. The van der Waals surface area contributed by atoms with Crippen LogP contribution in [0.25, 0.3) is 0 Å². The van der Waals surface area contributed by atoms with Gasteiger partial charge in [0.2, 0.25) is 26.0 Å². The summed E-state index contributed by atoms with van der Waals surface area (Å²) < 4.78 is 50.2. The van der Waals surface area contributed by atoms with Crippen molar-refractivity contribution in [1.82, 2.24) is 4.31 Å². The lowest BCUT2D eigenvalue weighted by Gasteiger charge is -2.19. The standard InChI is InChI=1S/C17H21N3O5S2/c1-19(27(24,25)16-10-5-4-6-11-16)13-17(21)18-14-8-7-9-15(12-14)20(2)26(3,22)23/h4-12H,13H2,1-3H3,(H,18,21). The van der Waals surface area contributed by atoms with Crippen molar-refractivity contribution in [3.63, 3.8) is 0 Å². The molecule has 0 spiro atoms. The number of benzene rings is 2. The van der Waals surface area contributed by atoms with E-state index in [0.717, 1.165) is 14.9 Å². The molecule has 1 amide bonds. The highest BCUT2D eigenvalue weighted by atomic mass is 32.2. The maximum Gasteiger partial charge on any atom is 0.243 e. The molecule has 0 saturated carbocycles. The highest BCUT2D eigenvalue weighted by Crippen LogP contribution is 2.20. The summed E-state index contributed by atoms with van der Waals surface area (Å²) in [7, 11) is -4.50. The Morgan fingerprint density at radius 2 is 1.59 bits per heavy atom. The quantitative estimate of drug-likeness (QED) is 0.740. The van der Waals surface area contributed by atoms with Gasteiger partial charge in [-0.05, 0) is 30.3 Å². The van der Waals surface area contributed by atoms with E-state index in [-0.39, 0.29) is 11.4 Å². The number of carbonyl (C=O) groups excluding carboxylic acids is 1. The SMILES string of the molecule is CN(c1cccc(NC(=O)CN(C)S(=O)(=O)c2ccccc2)c1)S(C)(=O)=O. The monoisotopic (exact) mass is 411 g/mol. The lowest BCUT2D eigenvalue weighted by Crippen LogP contribution is -2.35. The molecular weight excluding hydrogens is 390 g/mol. The van der Waals surface area contributed by atoms with Crippen LogP contribution in [0.15, 0.2) is 59.5 Å². The third-order valence-corrected chi connectivity index (χ3v) is 6.83. The maximum absolute atomic E-state index is 12.4. The fourth-order valence-corrected chi connectivity index (χ4v) is 3.88. The van der Waals surface area contributed by atoms with Gasteiger partial charge < -0.3 is 5.32 Å². The van der Waals surface area contributed by atoms with Crippen molar-refractivity contribution in [3.8, 4) is 0 Å². The first-order valence-corrected chi connectivity index (χ1v) is 11.2. The van der Waals surface area contributed by atoms with E-state index < -0.39 is 26.0 Å². The van der Waals surface area contributed by atoms with Gasteiger partial charge in [-0.15, -0.1) is 0 Å². The Hall–Kier alpha value is -2.43. The van der Waals surface area contributed by atoms with Crippen LogP contribution in [-0.4, -0.2) is 53.9 Å². The minimum Gasteiger partial charge on any atom is -0.325 e. The zero-order chi connectivity index (χ0) is 20.2. The first kappa shape index (κ1) is 20.9. The van der Waals surface area contributed by atoms with Crippen LogP contribution in [-0.2, 0) is 24.8 Å². The molecule has 2 aromatic carbocycles. The number of anilines is 2. The summed E-state index contributed by atoms with van der Waals surface area (Å²) in [6, 6.07) is 14.1. The van der Waals surface area contributed by atoms with E-state index in [1.165, 1.54) is 32.3 Å². The maximum atomic E-state index is 12.4. The number of likely N-dealkylation sites (N-methyl/N-ethyl adjacent to an activating group) is 1. The van der Waals surface area contributed by atoms with Gasteiger partial charge in [0.05, 0.1) is 23.4 Å². The molecule has 0 atom stereocenters. The number of carbonyl (C=O) groups is 1. The summed E-state index contributed by atoms with van der Waals surface area (Å²) in [5.41, 5.74) is 0.735. The van der Waals surface area contributed by atoms with Crippen molar-refractivity contribution in [2.24, 2.45) is 0 Å². The van der Waals surface area contributed by atoms with Crippen molar-refractivity contribution < 1.29 is 21.6 Å². The van der Waals surface area contributed by atoms with Crippen LogP contribution < -0.4 is 9.62 Å². The predicted octanol–water partition coefficient (Wildman–Crippen LogP) is 1.34. The molecule has 0 saturated heterocycles. The second-order valence-electron chi connectivity index (χ2n) is 5.90. The number of nitrogens with one attached hydrogen (secondary N) is 1. The second kappa shape index (κ2) is 8.07. The van der Waals surface area contributed by atoms with Crippen LogP contribution in [0, 0.1) is 0 Å². The number of rotatable bonds is 7. The van der Waals surface area contributed by atoms with Gasteiger partial charge in [0.25, 0.3) is 0 Å². The van der Waals surface area contributed by atoms with Crippen LogP contribution in [0.5, 0.6) is 0 Å². The van der Waals surface area contributed by atoms with Crippen LogP contribution in [0.4, 0.5) is 11.4 Å². The molecule has 1 N–H and O–H groups in total. The van der Waals surface area contributed by atoms with E-state index in [2.05, 4.69) is 5.32 Å². The number of amides is 1. The minimum absolute atomic E-state index is 0.0945. The van der Waals surface area contributed by atoms with Crippen molar-refractivity contribution >= 4 is 37.3 Å². The number of sulfonamides is 2. The topological polar surface area (TPSA) is 104 Å². The second-order valence-corrected chi connectivity index (χ2v) is 9.96. The van der Waals surface area contributed by atoms with Crippen molar-refractivity contribution in [2.75, 3.05) is 36.5 Å². The molecule has 146 valence electrons. The highest BCUT2D eigenvalue weighted by Gasteiger charge is 2.22. The van der Waals surface area contributed by atoms with Gasteiger partial charge in [0.1, 0.15) is 0 Å². The Labute approximate surface area is 159 Å². The van der Waals surface area contributed by atoms with Crippen molar-refractivity contribution in [3.05, 3.63) is 54.6 Å². The van der Waals surface area contributed by atoms with Crippen LogP contribution in [0.1, 0.15) is 0 Å². The summed E-state index contributed by atoms with van der Waals surface area (Å²) in [5.74, 6) is -0.545. The van der Waals surface area contributed by atoms with Crippen molar-refractivity contribution in [2.45, 2.75) is 4.90 Å². The Balaban J connectivity index is 2.10. The largest absolute Gasteiger partial charge is 0.325 e. The molecule has 0 heterocycles. The highest BCUT2D eigenvalue weighted by molar-refractivity contribution is 7.92. The summed E-state index contributed by atoms with van der Waals surface area (Å²) in [5, 5.41) is 2.58. The Kier molecular flexibility index (Phi) is 6.24. The van der Waals surface area contributed by atoms with Crippen LogP contribution in [0.3, 0.4) is 0 Å². The normalized spacial score (nSPS) is 12.0. The summed E-state index contributed by atoms with van der Waals surface area (Å²) in [6.07, 6.45) is 1.07. The number of hydrogen-bond donors (Lipinski definition) is 1. The van der Waals surface area contributed by atoms with Gasteiger partial charge in [-0.3, -0.25) is 9.10 Å². The molecule has 0 aliphatic heterocycles. The Bertz CT molecular complexity index is 1020. The van der Waals surface area contributed by atoms with E-state index in [4.69, 9.17) is 0 Å². The average Bonchev–Trinajstić information content (AvgIpc) is 2.61. The van der Waals surface area contributed by atoms with Gasteiger partial charge >= 0.3 is 0 Å². The molecule has 0 aliphatic carbocycles. The van der Waals surface area contributed by atoms with Gasteiger partial charge in [0.15, 0.2) is 0 Å². The summed E-state index contributed by atoms with van der Waals surface area (Å²) in [6.45, 7) is -0.386. The van der Waals surface area contributed by atoms with Crippen LogP contribution >= 0.6 is 0 Å². The van der Waals surface area contributed by atoms with Gasteiger partial charge in [-0.2, -0.15) is 4.31 Å². The van der Waals surface area contributed by atoms with E-state index in [1.54, 1.807) is 36.4 Å². The van der Waals surface area contributed by atoms with Gasteiger partial charge in [-0.25, -0.2) is 16.8 Å². The molecular formula is C17H21N3O5S2. The molecule has 0 fully saturated rings. The molecule has 2 aromatic rings. The zero-order valence-electron chi connectivity index (χ0n) is 15.2. The smallest absolute Gasteiger partial charge is 0.243 e. The predicted molar refractivity (Wildman–Crippen MR) is 105 cm³/mol.